The van der Waals surface area contributed by atoms with Crippen molar-refractivity contribution < 1.29 is 0 Å². The molecular formula is C12H4N12+2. The fraction of sp³-hybridized carbons (Fsp3) is 0. The van der Waals surface area contributed by atoms with Gasteiger partial charge in [-0.25, -0.2) is 4.85 Å². The van der Waals surface area contributed by atoms with Gasteiger partial charge in [-0.1, -0.05) is 19.6 Å². The molecule has 0 spiro atoms. The zero-order valence-corrected chi connectivity index (χ0v) is 11.7. The van der Waals surface area contributed by atoms with Crippen LogP contribution in [0.1, 0.15) is 5.56 Å². The number of hydrogen-bond donors (Lipinski definition) is 0. The summed E-state index contributed by atoms with van der Waals surface area (Å²) in [4.78, 5) is 17.2. The van der Waals surface area contributed by atoms with E-state index in [2.05, 4.69) is 35.0 Å². The van der Waals surface area contributed by atoms with Gasteiger partial charge in [-0.05, 0) is 0 Å². The number of nitriles is 1. The monoisotopic (exact) mass is 316 g/mol. The molecule has 3 rings (SSSR count). The van der Waals surface area contributed by atoms with E-state index < -0.39 is 0 Å². The molecule has 0 radical (unpaired) electrons. The predicted molar refractivity (Wildman–Crippen MR) is 76.7 cm³/mol. The second-order valence-corrected chi connectivity index (χ2v) is 4.22. The third-order valence-corrected chi connectivity index (χ3v) is 2.97. The van der Waals surface area contributed by atoms with Crippen molar-refractivity contribution in [1.82, 2.24) is 29.5 Å². The maximum absolute atomic E-state index is 9.06. The number of rotatable bonds is 2. The summed E-state index contributed by atoms with van der Waals surface area (Å²) in [5.41, 5.74) is 0.0904. The summed E-state index contributed by atoms with van der Waals surface area (Å²) in [6.45, 7) is 7.00. The summed E-state index contributed by atoms with van der Waals surface area (Å²) >= 11 is 0. The van der Waals surface area contributed by atoms with Crippen LogP contribution in [0.25, 0.3) is 26.4 Å². The van der Waals surface area contributed by atoms with Gasteiger partial charge >= 0.3 is 17.3 Å². The molecule has 0 bridgehead atoms. The first kappa shape index (κ1) is 14.3. The second-order valence-electron chi connectivity index (χ2n) is 4.22. The molecule has 12 nitrogen and oxygen atoms in total. The van der Waals surface area contributed by atoms with Gasteiger partial charge in [0.1, 0.15) is 12.4 Å². The van der Waals surface area contributed by atoms with Gasteiger partial charge < -0.3 is 0 Å². The highest BCUT2D eigenvalue weighted by Gasteiger charge is 2.29. The Bertz CT molecular complexity index is 1020. The predicted octanol–water partition coefficient (Wildman–Crippen LogP) is 2.24. The molecule has 0 unspecified atom stereocenters. The highest BCUT2D eigenvalue weighted by atomic mass is 15.4. The molecule has 110 valence electrons. The van der Waals surface area contributed by atoms with Crippen LogP contribution in [-0.4, -0.2) is 29.5 Å². The summed E-state index contributed by atoms with van der Waals surface area (Å²) in [6, 6.07) is 3.23. The van der Waals surface area contributed by atoms with Crippen LogP contribution in [0.15, 0.2) is 24.8 Å². The molecule has 0 aliphatic heterocycles. The van der Waals surface area contributed by atoms with Crippen molar-refractivity contribution in [3.05, 3.63) is 51.7 Å². The van der Waals surface area contributed by atoms with Gasteiger partial charge in [0.2, 0.25) is 0 Å². The zero-order valence-electron chi connectivity index (χ0n) is 11.7. The van der Waals surface area contributed by atoms with Crippen molar-refractivity contribution in [2.24, 2.45) is 0 Å². The maximum atomic E-state index is 9.06. The number of diazo groups is 2. The second kappa shape index (κ2) is 5.60. The van der Waals surface area contributed by atoms with E-state index in [9.17, 15) is 0 Å². The van der Waals surface area contributed by atoms with E-state index >= 15 is 0 Å². The average molecular weight is 316 g/mol. The molecule has 0 aliphatic rings. The zero-order chi connectivity index (χ0) is 17.1. The van der Waals surface area contributed by atoms with Gasteiger partial charge in [0.15, 0.2) is 5.56 Å². The molecule has 24 heavy (non-hydrogen) atoms. The fourth-order valence-electron chi connectivity index (χ4n) is 1.93. The molecule has 3 heterocycles. The van der Waals surface area contributed by atoms with Crippen LogP contribution < -0.4 is 0 Å². The van der Waals surface area contributed by atoms with Crippen LogP contribution in [0.4, 0.5) is 17.3 Å². The fourth-order valence-corrected chi connectivity index (χ4v) is 1.93. The molecule has 0 saturated heterocycles. The summed E-state index contributed by atoms with van der Waals surface area (Å²) in [6.07, 6.45) is 3.62. The molecule has 0 N–H and O–H groups in total. The van der Waals surface area contributed by atoms with Gasteiger partial charge in [0.25, 0.3) is 11.6 Å². The minimum Gasteiger partial charge on any atom is -0.226 e. The van der Waals surface area contributed by atoms with E-state index in [1.54, 1.807) is 0 Å². The van der Waals surface area contributed by atoms with Crippen molar-refractivity contribution in [3.8, 4) is 17.7 Å². The first-order valence-corrected chi connectivity index (χ1v) is 6.20. The summed E-state index contributed by atoms with van der Waals surface area (Å²) < 4.78 is 2.25. The first-order valence-electron chi connectivity index (χ1n) is 6.20. The number of nitrogens with zero attached hydrogens (tertiary/aromatic N) is 12. The lowest BCUT2D eigenvalue weighted by Crippen LogP contribution is -2.04. The smallest absolute Gasteiger partial charge is 0.226 e. The molecule has 0 atom stereocenters. The van der Waals surface area contributed by atoms with E-state index in [0.717, 1.165) is 9.36 Å². The van der Waals surface area contributed by atoms with Crippen molar-refractivity contribution >= 4 is 17.3 Å². The van der Waals surface area contributed by atoms with E-state index in [-0.39, 0.29) is 34.5 Å². The maximum Gasteiger partial charge on any atom is 0.470 e. The molecule has 0 amide bonds. The standard InChI is InChI=1S/C12H4N12/c1-16-8-5-20-24(12(8)22-15)10-2-9(17-6-18-10)23-11(21-14)7(3-13)4-19-23/h2,4-6H/q+2. The molecule has 0 fully saturated rings. The third-order valence-electron chi connectivity index (χ3n) is 2.97. The highest BCUT2D eigenvalue weighted by molar-refractivity contribution is 5.67. The highest BCUT2D eigenvalue weighted by Crippen LogP contribution is 2.30. The Hall–Kier alpha value is -4.68. The largest absolute Gasteiger partial charge is 0.470 e. The SMILES string of the molecule is [C-]#[N+]c1cnn(-c2cc(-n3ncc(C#N)c3[N+]#N)ncn2)c1[N+]#N. The molecular weight excluding hydrogens is 312 g/mol. The van der Waals surface area contributed by atoms with Crippen LogP contribution in [0.5, 0.6) is 0 Å². The average Bonchev–Trinajstić information content (AvgIpc) is 3.24. The molecule has 0 saturated carbocycles. The summed E-state index contributed by atoms with van der Waals surface area (Å²) in [7, 11) is 0. The quantitative estimate of drug-likeness (QED) is 0.520. The van der Waals surface area contributed by atoms with E-state index in [1.807, 2.05) is 6.07 Å². The summed E-state index contributed by atoms with van der Waals surface area (Å²) in [5.74, 6) is 0.162. The number of hydrogen-bond acceptors (Lipinski definition) is 7. The Balaban J connectivity index is 2.16. The molecule has 0 aliphatic carbocycles. The Labute approximate surface area is 133 Å². The van der Waals surface area contributed by atoms with E-state index in [1.165, 1.54) is 24.8 Å². The lowest BCUT2D eigenvalue weighted by atomic mass is 10.4. The third kappa shape index (κ3) is 2.06. The van der Waals surface area contributed by atoms with Crippen LogP contribution in [0, 0.1) is 28.7 Å². The van der Waals surface area contributed by atoms with Crippen LogP contribution >= 0.6 is 0 Å². The van der Waals surface area contributed by atoms with Gasteiger partial charge in [-0.15, -0.1) is 0 Å². The van der Waals surface area contributed by atoms with Crippen LogP contribution in [0.3, 0.4) is 0 Å². The Morgan fingerprint density at radius 1 is 1.00 bits per heavy atom. The molecule has 0 aromatic carbocycles. The number of aromatic nitrogens is 6. The van der Waals surface area contributed by atoms with E-state index in [0.29, 0.717) is 0 Å². The Kier molecular flexibility index (Phi) is 3.33. The van der Waals surface area contributed by atoms with Crippen LogP contribution in [0.2, 0.25) is 0 Å². The lowest BCUT2D eigenvalue weighted by Gasteiger charge is -1.95. The Morgan fingerprint density at radius 3 is 2.21 bits per heavy atom. The Morgan fingerprint density at radius 2 is 1.62 bits per heavy atom. The van der Waals surface area contributed by atoms with Crippen molar-refractivity contribution in [2.45, 2.75) is 0 Å². The van der Waals surface area contributed by atoms with Crippen molar-refractivity contribution in [3.63, 3.8) is 0 Å². The topological polar surface area (TPSA) is 146 Å². The van der Waals surface area contributed by atoms with Gasteiger partial charge in [0, 0.05) is 9.95 Å². The first-order chi connectivity index (χ1) is 11.7. The normalized spacial score (nSPS) is 9.50. The van der Waals surface area contributed by atoms with Gasteiger partial charge in [-0.3, -0.25) is 0 Å². The van der Waals surface area contributed by atoms with E-state index in [4.69, 9.17) is 22.6 Å². The molecule has 12 heteroatoms. The summed E-state index contributed by atoms with van der Waals surface area (Å²) in [5, 5.41) is 34.9. The van der Waals surface area contributed by atoms with Gasteiger partial charge in [-0.2, -0.15) is 15.2 Å². The molecule has 3 aromatic rings. The van der Waals surface area contributed by atoms with Crippen molar-refractivity contribution in [1.29, 1.82) is 16.0 Å². The van der Waals surface area contributed by atoms with Gasteiger partial charge in [0.05, 0.1) is 35.8 Å². The lowest BCUT2D eigenvalue weighted by molar-refractivity contribution is 0.814. The van der Waals surface area contributed by atoms with Crippen LogP contribution in [-0.2, 0) is 0 Å². The van der Waals surface area contributed by atoms with Crippen molar-refractivity contribution in [2.75, 3.05) is 0 Å². The minimum atomic E-state index is -0.100. The minimum absolute atomic E-state index is 0.0366. The molecule has 3 aromatic heterocycles.